The third-order valence-electron chi connectivity index (χ3n) is 4.73. The fourth-order valence-electron chi connectivity index (χ4n) is 3.42. The SMILES string of the molecule is CC1CN2CCCCC2CN1CCNC1CC1. The third-order valence-corrected chi connectivity index (χ3v) is 4.73. The van der Waals surface area contributed by atoms with Crippen LogP contribution in [0.15, 0.2) is 0 Å². The van der Waals surface area contributed by atoms with Gasteiger partial charge in [-0.05, 0) is 39.2 Å². The molecular formula is C14H27N3. The van der Waals surface area contributed by atoms with E-state index in [-0.39, 0.29) is 0 Å². The molecule has 1 aliphatic carbocycles. The molecule has 2 heterocycles. The van der Waals surface area contributed by atoms with Gasteiger partial charge < -0.3 is 5.32 Å². The molecule has 0 aromatic rings. The van der Waals surface area contributed by atoms with Gasteiger partial charge in [-0.1, -0.05) is 6.42 Å². The second-order valence-electron chi connectivity index (χ2n) is 6.22. The highest BCUT2D eigenvalue weighted by molar-refractivity contribution is 4.89. The summed E-state index contributed by atoms with van der Waals surface area (Å²) in [7, 11) is 0. The topological polar surface area (TPSA) is 18.5 Å². The van der Waals surface area contributed by atoms with Crippen LogP contribution in [0.3, 0.4) is 0 Å². The monoisotopic (exact) mass is 237 g/mol. The van der Waals surface area contributed by atoms with Crippen LogP contribution in [-0.2, 0) is 0 Å². The van der Waals surface area contributed by atoms with Crippen molar-refractivity contribution in [2.24, 2.45) is 0 Å². The van der Waals surface area contributed by atoms with E-state index in [1.807, 2.05) is 0 Å². The summed E-state index contributed by atoms with van der Waals surface area (Å²) in [6.45, 7) is 8.82. The van der Waals surface area contributed by atoms with Gasteiger partial charge in [-0.2, -0.15) is 0 Å². The van der Waals surface area contributed by atoms with E-state index >= 15 is 0 Å². The highest BCUT2D eigenvalue weighted by Gasteiger charge is 2.32. The van der Waals surface area contributed by atoms with Crippen molar-refractivity contribution in [1.82, 2.24) is 15.1 Å². The van der Waals surface area contributed by atoms with E-state index in [2.05, 4.69) is 22.0 Å². The van der Waals surface area contributed by atoms with Crippen molar-refractivity contribution in [2.45, 2.75) is 57.2 Å². The average molecular weight is 237 g/mol. The van der Waals surface area contributed by atoms with Crippen molar-refractivity contribution in [3.8, 4) is 0 Å². The minimum absolute atomic E-state index is 0.755. The van der Waals surface area contributed by atoms with Crippen LogP contribution in [0.5, 0.6) is 0 Å². The minimum atomic E-state index is 0.755. The molecule has 0 aromatic carbocycles. The number of fused-ring (bicyclic) bond motifs is 1. The molecule has 0 spiro atoms. The molecular weight excluding hydrogens is 210 g/mol. The first-order chi connectivity index (χ1) is 8.33. The molecule has 0 bridgehead atoms. The zero-order valence-corrected chi connectivity index (χ0v) is 11.2. The predicted octanol–water partition coefficient (Wildman–Crippen LogP) is 1.30. The van der Waals surface area contributed by atoms with Gasteiger partial charge in [-0.15, -0.1) is 0 Å². The maximum absolute atomic E-state index is 3.64. The zero-order chi connectivity index (χ0) is 11.7. The first-order valence-electron chi connectivity index (χ1n) is 7.54. The second-order valence-corrected chi connectivity index (χ2v) is 6.22. The highest BCUT2D eigenvalue weighted by Crippen LogP contribution is 2.24. The number of hydrogen-bond donors (Lipinski definition) is 1. The first-order valence-corrected chi connectivity index (χ1v) is 7.54. The molecule has 3 rings (SSSR count). The first kappa shape index (κ1) is 11.9. The predicted molar refractivity (Wildman–Crippen MR) is 71.3 cm³/mol. The summed E-state index contributed by atoms with van der Waals surface area (Å²) in [5, 5.41) is 3.64. The third kappa shape index (κ3) is 3.01. The van der Waals surface area contributed by atoms with Crippen molar-refractivity contribution in [2.75, 3.05) is 32.7 Å². The maximum atomic E-state index is 3.64. The maximum Gasteiger partial charge on any atom is 0.0223 e. The molecule has 17 heavy (non-hydrogen) atoms. The Hall–Kier alpha value is -0.120. The van der Waals surface area contributed by atoms with Crippen LogP contribution in [0.2, 0.25) is 0 Å². The lowest BCUT2D eigenvalue weighted by molar-refractivity contribution is 0.0160. The molecule has 2 aliphatic heterocycles. The summed E-state index contributed by atoms with van der Waals surface area (Å²) in [5.41, 5.74) is 0. The fourth-order valence-corrected chi connectivity index (χ4v) is 3.42. The summed E-state index contributed by atoms with van der Waals surface area (Å²) in [4.78, 5) is 5.45. The van der Waals surface area contributed by atoms with E-state index in [1.165, 1.54) is 64.8 Å². The van der Waals surface area contributed by atoms with Gasteiger partial charge in [0.2, 0.25) is 0 Å². The molecule has 3 heteroatoms. The Bertz CT molecular complexity index is 252. The Balaban J connectivity index is 1.46. The Morgan fingerprint density at radius 2 is 2.00 bits per heavy atom. The van der Waals surface area contributed by atoms with Gasteiger partial charge in [0, 0.05) is 44.3 Å². The number of piperidine rings is 1. The summed E-state index contributed by atoms with van der Waals surface area (Å²) >= 11 is 0. The second kappa shape index (κ2) is 5.25. The zero-order valence-electron chi connectivity index (χ0n) is 11.2. The van der Waals surface area contributed by atoms with Crippen LogP contribution < -0.4 is 5.32 Å². The van der Waals surface area contributed by atoms with Crippen LogP contribution in [0.1, 0.15) is 39.0 Å². The molecule has 3 nitrogen and oxygen atoms in total. The number of hydrogen-bond acceptors (Lipinski definition) is 3. The smallest absolute Gasteiger partial charge is 0.0223 e. The average Bonchev–Trinajstić information content (AvgIpc) is 3.14. The lowest BCUT2D eigenvalue weighted by atomic mass is 9.97. The molecule has 2 saturated heterocycles. The van der Waals surface area contributed by atoms with E-state index in [9.17, 15) is 0 Å². The van der Waals surface area contributed by atoms with Crippen molar-refractivity contribution in [3.63, 3.8) is 0 Å². The summed E-state index contributed by atoms with van der Waals surface area (Å²) < 4.78 is 0. The van der Waals surface area contributed by atoms with E-state index in [1.54, 1.807) is 0 Å². The molecule has 1 saturated carbocycles. The quantitative estimate of drug-likeness (QED) is 0.795. The van der Waals surface area contributed by atoms with Crippen LogP contribution in [-0.4, -0.2) is 60.6 Å². The van der Waals surface area contributed by atoms with E-state index < -0.39 is 0 Å². The van der Waals surface area contributed by atoms with Crippen LogP contribution in [0.4, 0.5) is 0 Å². The van der Waals surface area contributed by atoms with Gasteiger partial charge in [0.25, 0.3) is 0 Å². The minimum Gasteiger partial charge on any atom is -0.313 e. The van der Waals surface area contributed by atoms with E-state index in [0.29, 0.717) is 0 Å². The lowest BCUT2D eigenvalue weighted by Gasteiger charge is -2.47. The summed E-state index contributed by atoms with van der Waals surface area (Å²) in [5.74, 6) is 0. The number of rotatable bonds is 4. The molecule has 98 valence electrons. The van der Waals surface area contributed by atoms with Crippen LogP contribution in [0, 0.1) is 0 Å². The molecule has 0 radical (unpaired) electrons. The normalized spacial score (nSPS) is 35.8. The van der Waals surface area contributed by atoms with Crippen LogP contribution in [0.25, 0.3) is 0 Å². The van der Waals surface area contributed by atoms with Crippen molar-refractivity contribution in [1.29, 1.82) is 0 Å². The van der Waals surface area contributed by atoms with Crippen molar-refractivity contribution in [3.05, 3.63) is 0 Å². The molecule has 0 aromatic heterocycles. The largest absolute Gasteiger partial charge is 0.313 e. The van der Waals surface area contributed by atoms with E-state index in [4.69, 9.17) is 0 Å². The van der Waals surface area contributed by atoms with Gasteiger partial charge in [-0.25, -0.2) is 0 Å². The summed E-state index contributed by atoms with van der Waals surface area (Å²) in [6, 6.07) is 2.48. The van der Waals surface area contributed by atoms with Gasteiger partial charge in [0.15, 0.2) is 0 Å². The van der Waals surface area contributed by atoms with Gasteiger partial charge in [0.05, 0.1) is 0 Å². The lowest BCUT2D eigenvalue weighted by Crippen LogP contribution is -2.59. The molecule has 2 unspecified atom stereocenters. The Kier molecular flexibility index (Phi) is 3.69. The standard InChI is InChI=1S/C14H27N3/c1-12-10-17-8-3-2-4-14(17)11-16(12)9-7-15-13-5-6-13/h12-15H,2-11H2,1H3. The van der Waals surface area contributed by atoms with Gasteiger partial charge >= 0.3 is 0 Å². The Morgan fingerprint density at radius 3 is 2.82 bits per heavy atom. The Morgan fingerprint density at radius 1 is 1.12 bits per heavy atom. The molecule has 0 amide bonds. The van der Waals surface area contributed by atoms with Crippen molar-refractivity contribution < 1.29 is 0 Å². The number of nitrogens with zero attached hydrogens (tertiary/aromatic N) is 2. The summed E-state index contributed by atoms with van der Waals surface area (Å²) in [6.07, 6.45) is 7.12. The number of piperazine rings is 1. The van der Waals surface area contributed by atoms with Crippen molar-refractivity contribution >= 4 is 0 Å². The molecule has 3 aliphatic rings. The van der Waals surface area contributed by atoms with Gasteiger partial charge in [-0.3, -0.25) is 9.80 Å². The molecule has 2 atom stereocenters. The van der Waals surface area contributed by atoms with Crippen LogP contribution >= 0.6 is 0 Å². The molecule has 1 N–H and O–H groups in total. The van der Waals surface area contributed by atoms with E-state index in [0.717, 1.165) is 18.1 Å². The highest BCUT2D eigenvalue weighted by atomic mass is 15.3. The van der Waals surface area contributed by atoms with Gasteiger partial charge in [0.1, 0.15) is 0 Å². The fraction of sp³-hybridized carbons (Fsp3) is 1.00. The Labute approximate surface area is 106 Å². The molecule has 3 fully saturated rings. The number of nitrogens with one attached hydrogen (secondary N) is 1.